The predicted molar refractivity (Wildman–Crippen MR) is 39.4 cm³/mol. The van der Waals surface area contributed by atoms with Gasteiger partial charge < -0.3 is 0 Å². The van der Waals surface area contributed by atoms with Gasteiger partial charge in [0.05, 0.1) is 0 Å². The highest BCUT2D eigenvalue weighted by molar-refractivity contribution is 6.30. The van der Waals surface area contributed by atoms with Crippen molar-refractivity contribution in [2.24, 2.45) is 0 Å². The summed E-state index contributed by atoms with van der Waals surface area (Å²) in [5.41, 5.74) is 0.976. The van der Waals surface area contributed by atoms with Crippen LogP contribution in [0.3, 0.4) is 0 Å². The van der Waals surface area contributed by atoms with Crippen LogP contribution in [-0.4, -0.2) is 6.21 Å². The Kier molecular flexibility index (Phi) is 1.14. The highest BCUT2D eigenvalue weighted by Gasteiger charge is 2.17. The van der Waals surface area contributed by atoms with Gasteiger partial charge in [-0.2, -0.15) is 4.84 Å². The van der Waals surface area contributed by atoms with Crippen LogP contribution >= 0.6 is 11.6 Å². The average Bonchev–Trinajstić information content (AvgIpc) is 2.33. The third-order valence-corrected chi connectivity index (χ3v) is 1.55. The molecule has 0 saturated heterocycles. The van der Waals surface area contributed by atoms with Crippen LogP contribution in [0.2, 0.25) is 5.02 Å². The van der Waals surface area contributed by atoms with Crippen molar-refractivity contribution in [2.75, 3.05) is 0 Å². The van der Waals surface area contributed by atoms with Crippen LogP contribution in [0.4, 0.5) is 0 Å². The Hall–Kier alpha value is -1.02. The van der Waals surface area contributed by atoms with E-state index >= 15 is 0 Å². The Balaban J connectivity index is 2.59. The number of benzene rings is 1. The van der Waals surface area contributed by atoms with E-state index in [4.69, 9.17) is 16.4 Å². The average molecular weight is 154 g/mol. The molecule has 0 bridgehead atoms. The summed E-state index contributed by atoms with van der Waals surface area (Å²) in [4.78, 5) is 4.86. The molecule has 0 aliphatic carbocycles. The molecule has 1 aromatic rings. The van der Waals surface area contributed by atoms with E-state index in [1.807, 2.05) is 6.07 Å². The number of fused-ring (bicyclic) bond motifs is 1. The number of hydrogen-bond donors (Lipinski definition) is 0. The molecule has 0 saturated carbocycles. The fourth-order valence-electron chi connectivity index (χ4n) is 0.834. The highest BCUT2D eigenvalue weighted by Crippen LogP contribution is 2.22. The van der Waals surface area contributed by atoms with Crippen molar-refractivity contribution < 1.29 is 4.84 Å². The minimum absolute atomic E-state index is 0.671. The molecule has 1 aliphatic heterocycles. The summed E-state index contributed by atoms with van der Waals surface area (Å²) < 4.78 is 0. The highest BCUT2D eigenvalue weighted by atomic mass is 35.5. The summed E-state index contributed by atoms with van der Waals surface area (Å²) >= 11 is 5.69. The zero-order valence-corrected chi connectivity index (χ0v) is 5.80. The molecule has 1 aliphatic rings. The number of oxime groups is 1. The van der Waals surface area contributed by atoms with Crippen LogP contribution in [0.1, 0.15) is 5.56 Å². The molecular weight excluding hydrogens is 150 g/mol. The molecule has 1 radical (unpaired) electrons. The van der Waals surface area contributed by atoms with Crippen LogP contribution < -0.4 is 9.99 Å². The van der Waals surface area contributed by atoms with Crippen molar-refractivity contribution in [2.45, 2.75) is 0 Å². The molecule has 49 valence electrons. The molecule has 0 aromatic heterocycles. The first-order valence-electron chi connectivity index (χ1n) is 2.86. The Morgan fingerprint density at radius 1 is 1.40 bits per heavy atom. The van der Waals surface area contributed by atoms with E-state index in [-0.39, 0.29) is 0 Å². The lowest BCUT2D eigenvalue weighted by molar-refractivity contribution is 0.295. The molecule has 2 rings (SSSR count). The van der Waals surface area contributed by atoms with Crippen molar-refractivity contribution in [3.63, 3.8) is 0 Å². The molecule has 10 heavy (non-hydrogen) atoms. The molecule has 0 unspecified atom stereocenters. The zero-order valence-electron chi connectivity index (χ0n) is 5.04. The van der Waals surface area contributed by atoms with Crippen LogP contribution in [0.25, 0.3) is 0 Å². The second kappa shape index (κ2) is 1.99. The lowest BCUT2D eigenvalue weighted by Gasteiger charge is -1.88. The SMILES string of the molecule is Clc1ccc2c(c1)O[N+]=C2. The zero-order chi connectivity index (χ0) is 6.97. The van der Waals surface area contributed by atoms with Gasteiger partial charge in [0.25, 0.3) is 5.16 Å². The normalized spacial score (nSPS) is 12.9. The van der Waals surface area contributed by atoms with E-state index in [1.54, 1.807) is 18.3 Å². The lowest BCUT2D eigenvalue weighted by atomic mass is 10.2. The van der Waals surface area contributed by atoms with Crippen molar-refractivity contribution in [1.29, 1.82) is 0 Å². The monoisotopic (exact) mass is 153 g/mol. The van der Waals surface area contributed by atoms with Crippen LogP contribution in [0.15, 0.2) is 18.2 Å². The molecule has 1 aromatic carbocycles. The first-order chi connectivity index (χ1) is 4.86. The molecular formula is C7H4ClNO+. The smallest absolute Gasteiger partial charge is 0.171 e. The number of hydrogen-bond acceptors (Lipinski definition) is 2. The third-order valence-electron chi connectivity index (χ3n) is 1.32. The Bertz CT molecular complexity index is 296. The Morgan fingerprint density at radius 2 is 2.30 bits per heavy atom. The minimum atomic E-state index is 0.671. The summed E-state index contributed by atoms with van der Waals surface area (Å²) in [5.74, 6) is 0.729. The van der Waals surface area contributed by atoms with E-state index in [0.717, 1.165) is 11.3 Å². The van der Waals surface area contributed by atoms with Gasteiger partial charge in [0.15, 0.2) is 0 Å². The van der Waals surface area contributed by atoms with Gasteiger partial charge in [0.1, 0.15) is 5.56 Å². The molecule has 3 heteroatoms. The van der Waals surface area contributed by atoms with Crippen LogP contribution in [-0.2, 0) is 0 Å². The van der Waals surface area contributed by atoms with E-state index in [2.05, 4.69) is 5.16 Å². The van der Waals surface area contributed by atoms with E-state index < -0.39 is 0 Å². The van der Waals surface area contributed by atoms with Crippen LogP contribution in [0, 0.1) is 0 Å². The molecule has 1 heterocycles. The van der Waals surface area contributed by atoms with Crippen molar-refractivity contribution in [1.82, 2.24) is 5.16 Å². The first-order valence-corrected chi connectivity index (χ1v) is 3.24. The molecule has 0 atom stereocenters. The van der Waals surface area contributed by atoms with E-state index in [1.165, 1.54) is 0 Å². The Morgan fingerprint density at radius 3 is 3.20 bits per heavy atom. The number of nitrogens with zero attached hydrogens (tertiary/aromatic N) is 1. The fourth-order valence-corrected chi connectivity index (χ4v) is 0.996. The summed E-state index contributed by atoms with van der Waals surface area (Å²) in [5, 5.41) is 4.28. The van der Waals surface area contributed by atoms with E-state index in [9.17, 15) is 0 Å². The first kappa shape index (κ1) is 5.74. The minimum Gasteiger partial charge on any atom is -0.171 e. The summed E-state index contributed by atoms with van der Waals surface area (Å²) in [6, 6.07) is 5.42. The van der Waals surface area contributed by atoms with Gasteiger partial charge in [0, 0.05) is 11.1 Å². The maximum absolute atomic E-state index is 5.69. The number of rotatable bonds is 0. The summed E-state index contributed by atoms with van der Waals surface area (Å²) in [6.07, 6.45) is 1.66. The van der Waals surface area contributed by atoms with Gasteiger partial charge in [-0.05, 0) is 12.1 Å². The molecule has 0 spiro atoms. The summed E-state index contributed by atoms with van der Waals surface area (Å²) in [6.45, 7) is 0. The third kappa shape index (κ3) is 0.772. The molecule has 0 fully saturated rings. The van der Waals surface area contributed by atoms with Crippen molar-refractivity contribution >= 4 is 17.8 Å². The predicted octanol–water partition coefficient (Wildman–Crippen LogP) is 1.40. The molecule has 2 nitrogen and oxygen atoms in total. The lowest BCUT2D eigenvalue weighted by Crippen LogP contribution is -1.86. The number of halogens is 1. The maximum atomic E-state index is 5.69. The second-order valence-electron chi connectivity index (χ2n) is 2.01. The fraction of sp³-hybridized carbons (Fsp3) is 0. The van der Waals surface area contributed by atoms with Crippen molar-refractivity contribution in [3.8, 4) is 5.75 Å². The topological polar surface area (TPSA) is 23.3 Å². The standard InChI is InChI=1S/C7H4ClNO/c8-6-2-1-5-4-9-10-7(5)3-6/h1-4H/q+1. The van der Waals surface area contributed by atoms with E-state index in [0.29, 0.717) is 5.02 Å². The van der Waals surface area contributed by atoms with Gasteiger partial charge in [-0.15, -0.1) is 0 Å². The van der Waals surface area contributed by atoms with Crippen molar-refractivity contribution in [3.05, 3.63) is 28.8 Å². The van der Waals surface area contributed by atoms with Gasteiger partial charge >= 0.3 is 6.21 Å². The second-order valence-corrected chi connectivity index (χ2v) is 2.44. The van der Waals surface area contributed by atoms with Gasteiger partial charge in [-0.25, -0.2) is 0 Å². The quantitative estimate of drug-likeness (QED) is 0.553. The Labute approximate surface area is 63.1 Å². The van der Waals surface area contributed by atoms with Gasteiger partial charge in [0.2, 0.25) is 5.75 Å². The maximum Gasteiger partial charge on any atom is 0.314 e. The van der Waals surface area contributed by atoms with Gasteiger partial charge in [-0.1, -0.05) is 11.6 Å². The van der Waals surface area contributed by atoms with Gasteiger partial charge in [-0.3, -0.25) is 0 Å². The molecule has 0 N–H and O–H groups in total. The molecule has 0 amide bonds. The van der Waals surface area contributed by atoms with Crippen LogP contribution in [0.5, 0.6) is 5.75 Å². The summed E-state index contributed by atoms with van der Waals surface area (Å²) in [7, 11) is 0. The largest absolute Gasteiger partial charge is 0.314 e.